The highest BCUT2D eigenvalue weighted by atomic mass is 35.5. The first-order valence-electron chi connectivity index (χ1n) is 6.84. The molecule has 100 valence electrons. The van der Waals surface area contributed by atoms with Gasteiger partial charge in [-0.1, -0.05) is 36.6 Å². The zero-order valence-corrected chi connectivity index (χ0v) is 11.4. The first kappa shape index (κ1) is 12.7. The summed E-state index contributed by atoms with van der Waals surface area (Å²) in [4.78, 5) is 12.0. The van der Waals surface area contributed by atoms with E-state index in [4.69, 9.17) is 11.6 Å². The molecular weight excluding hydrogens is 260 g/mol. The Bertz CT molecular complexity index is 503. The van der Waals surface area contributed by atoms with Crippen LogP contribution in [-0.2, 0) is 4.79 Å². The predicted molar refractivity (Wildman–Crippen MR) is 76.1 cm³/mol. The fourth-order valence-electron chi connectivity index (χ4n) is 3.21. The molecule has 1 aromatic carbocycles. The number of benzene rings is 1. The van der Waals surface area contributed by atoms with E-state index in [0.717, 1.165) is 5.56 Å². The van der Waals surface area contributed by atoms with E-state index in [2.05, 4.69) is 10.5 Å². The number of hydrogen-bond donors (Lipinski definition) is 1. The first-order valence-corrected chi connectivity index (χ1v) is 7.22. The van der Waals surface area contributed by atoms with Crippen molar-refractivity contribution in [3.8, 4) is 0 Å². The quantitative estimate of drug-likeness (QED) is 0.668. The maximum Gasteiger partial charge on any atom is 0.243 e. The number of carbonyl (C=O) groups excluding carboxylic acids is 1. The molecule has 0 aromatic heterocycles. The van der Waals surface area contributed by atoms with Crippen LogP contribution in [0.1, 0.15) is 31.2 Å². The van der Waals surface area contributed by atoms with Crippen LogP contribution < -0.4 is 5.43 Å². The minimum atomic E-state index is 0.0789. The lowest BCUT2D eigenvalue weighted by Gasteiger charge is -2.04. The van der Waals surface area contributed by atoms with Gasteiger partial charge in [-0.15, -0.1) is 0 Å². The zero-order valence-electron chi connectivity index (χ0n) is 10.7. The molecule has 3 atom stereocenters. The summed E-state index contributed by atoms with van der Waals surface area (Å²) in [5, 5.41) is 4.69. The molecule has 0 radical (unpaired) electrons. The van der Waals surface area contributed by atoms with E-state index in [-0.39, 0.29) is 11.8 Å². The Balaban J connectivity index is 1.54. The predicted octanol–water partition coefficient (Wildman–Crippen LogP) is 3.23. The van der Waals surface area contributed by atoms with Crippen molar-refractivity contribution in [2.75, 3.05) is 0 Å². The van der Waals surface area contributed by atoms with Crippen LogP contribution in [0.25, 0.3) is 0 Å². The lowest BCUT2D eigenvalue weighted by atomic mass is 10.0. The van der Waals surface area contributed by atoms with Gasteiger partial charge in [0.05, 0.1) is 6.21 Å². The van der Waals surface area contributed by atoms with Crippen LogP contribution in [0.15, 0.2) is 29.4 Å². The van der Waals surface area contributed by atoms with Gasteiger partial charge in [0, 0.05) is 10.9 Å². The molecule has 1 unspecified atom stereocenters. The van der Waals surface area contributed by atoms with Gasteiger partial charge in [0.15, 0.2) is 0 Å². The van der Waals surface area contributed by atoms with Crippen LogP contribution >= 0.6 is 11.6 Å². The van der Waals surface area contributed by atoms with Gasteiger partial charge in [-0.25, -0.2) is 5.43 Å². The summed E-state index contributed by atoms with van der Waals surface area (Å²) < 4.78 is 0. The van der Waals surface area contributed by atoms with Crippen LogP contribution in [0.5, 0.6) is 0 Å². The average Bonchev–Trinajstić information content (AvgIpc) is 3.13. The monoisotopic (exact) mass is 276 g/mol. The number of nitrogens with one attached hydrogen (secondary N) is 1. The van der Waals surface area contributed by atoms with Crippen molar-refractivity contribution in [3.05, 3.63) is 34.9 Å². The Hall–Kier alpha value is -1.35. The number of nitrogens with zero attached hydrogens (tertiary/aromatic N) is 1. The SMILES string of the molecule is O=C(NN=Cc1cccc(Cl)c1)C1[C@H]2CCCC[C@@H]12. The standard InChI is InChI=1S/C15H17ClN2O/c16-11-5-3-4-10(8-11)9-17-18-15(19)14-12-6-1-2-7-13(12)14/h3-5,8-9,12-14H,1-2,6-7H2,(H,18,19)/t12-,13+,14?. The number of carbonyl (C=O) groups is 1. The number of halogens is 1. The molecule has 0 heterocycles. The van der Waals surface area contributed by atoms with E-state index in [1.165, 1.54) is 25.7 Å². The van der Waals surface area contributed by atoms with Crippen molar-refractivity contribution in [3.63, 3.8) is 0 Å². The summed E-state index contributed by atoms with van der Waals surface area (Å²) in [6, 6.07) is 7.39. The summed E-state index contributed by atoms with van der Waals surface area (Å²) in [6.45, 7) is 0. The van der Waals surface area contributed by atoms with E-state index in [1.54, 1.807) is 6.21 Å². The largest absolute Gasteiger partial charge is 0.273 e. The molecule has 2 saturated carbocycles. The van der Waals surface area contributed by atoms with Crippen LogP contribution in [0.3, 0.4) is 0 Å². The van der Waals surface area contributed by atoms with Gasteiger partial charge in [0.1, 0.15) is 0 Å². The lowest BCUT2D eigenvalue weighted by molar-refractivity contribution is -0.122. The van der Waals surface area contributed by atoms with Crippen LogP contribution in [0.4, 0.5) is 0 Å². The maximum absolute atomic E-state index is 12.0. The molecule has 0 saturated heterocycles. The van der Waals surface area contributed by atoms with Crippen molar-refractivity contribution >= 4 is 23.7 Å². The van der Waals surface area contributed by atoms with Crippen molar-refractivity contribution in [2.24, 2.45) is 22.9 Å². The third-order valence-corrected chi connectivity index (χ3v) is 4.43. The van der Waals surface area contributed by atoms with E-state index in [0.29, 0.717) is 16.9 Å². The molecule has 19 heavy (non-hydrogen) atoms. The molecule has 0 spiro atoms. The summed E-state index contributed by atoms with van der Waals surface area (Å²) in [5.41, 5.74) is 3.55. The second-order valence-corrected chi connectivity index (χ2v) is 5.86. The number of amides is 1. The van der Waals surface area contributed by atoms with Gasteiger partial charge in [-0.2, -0.15) is 5.10 Å². The Morgan fingerprint density at radius 1 is 1.32 bits per heavy atom. The molecule has 2 fully saturated rings. The number of hydrazone groups is 1. The third kappa shape index (κ3) is 2.81. The molecule has 4 heteroatoms. The number of fused-ring (bicyclic) bond motifs is 1. The normalized spacial score (nSPS) is 29.0. The van der Waals surface area contributed by atoms with Crippen molar-refractivity contribution in [1.82, 2.24) is 5.43 Å². The average molecular weight is 277 g/mol. The Morgan fingerprint density at radius 3 is 2.74 bits per heavy atom. The highest BCUT2D eigenvalue weighted by molar-refractivity contribution is 6.30. The van der Waals surface area contributed by atoms with Crippen molar-refractivity contribution < 1.29 is 4.79 Å². The van der Waals surface area contributed by atoms with E-state index >= 15 is 0 Å². The Kier molecular flexibility index (Phi) is 3.56. The molecule has 1 amide bonds. The molecule has 1 aromatic rings. The highest BCUT2D eigenvalue weighted by Crippen LogP contribution is 2.55. The lowest BCUT2D eigenvalue weighted by Crippen LogP contribution is -2.20. The molecular formula is C15H17ClN2O. The molecule has 3 nitrogen and oxygen atoms in total. The fraction of sp³-hybridized carbons (Fsp3) is 0.467. The molecule has 3 rings (SSSR count). The first-order chi connectivity index (χ1) is 9.25. The van der Waals surface area contributed by atoms with E-state index < -0.39 is 0 Å². The minimum Gasteiger partial charge on any atom is -0.273 e. The summed E-state index contributed by atoms with van der Waals surface area (Å²) >= 11 is 5.88. The summed E-state index contributed by atoms with van der Waals surface area (Å²) in [7, 11) is 0. The van der Waals surface area contributed by atoms with Gasteiger partial charge >= 0.3 is 0 Å². The van der Waals surface area contributed by atoms with Gasteiger partial charge < -0.3 is 0 Å². The van der Waals surface area contributed by atoms with Crippen molar-refractivity contribution in [2.45, 2.75) is 25.7 Å². The molecule has 1 N–H and O–H groups in total. The fourth-order valence-corrected chi connectivity index (χ4v) is 3.41. The van der Waals surface area contributed by atoms with Crippen molar-refractivity contribution in [1.29, 1.82) is 0 Å². The molecule has 0 aliphatic heterocycles. The third-order valence-electron chi connectivity index (χ3n) is 4.20. The summed E-state index contributed by atoms with van der Waals surface area (Å²) in [5.74, 6) is 1.53. The second kappa shape index (κ2) is 5.33. The highest BCUT2D eigenvalue weighted by Gasteiger charge is 2.54. The van der Waals surface area contributed by atoms with Gasteiger partial charge in [0.25, 0.3) is 0 Å². The van der Waals surface area contributed by atoms with Gasteiger partial charge in [-0.3, -0.25) is 4.79 Å². The smallest absolute Gasteiger partial charge is 0.243 e. The summed E-state index contributed by atoms with van der Waals surface area (Å²) in [6.07, 6.45) is 6.60. The maximum atomic E-state index is 12.0. The topological polar surface area (TPSA) is 41.5 Å². The molecule has 2 aliphatic rings. The van der Waals surface area contributed by atoms with Crippen LogP contribution in [0, 0.1) is 17.8 Å². The van der Waals surface area contributed by atoms with E-state index in [1.807, 2.05) is 24.3 Å². The second-order valence-electron chi connectivity index (χ2n) is 5.43. The van der Waals surface area contributed by atoms with Gasteiger partial charge in [0.2, 0.25) is 5.91 Å². The van der Waals surface area contributed by atoms with Crippen LogP contribution in [0.2, 0.25) is 5.02 Å². The zero-order chi connectivity index (χ0) is 13.2. The number of rotatable bonds is 3. The van der Waals surface area contributed by atoms with E-state index in [9.17, 15) is 4.79 Å². The van der Waals surface area contributed by atoms with Gasteiger partial charge in [-0.05, 0) is 42.4 Å². The minimum absolute atomic E-state index is 0.0789. The molecule has 0 bridgehead atoms. The molecule has 2 aliphatic carbocycles. The number of hydrogen-bond acceptors (Lipinski definition) is 2. The Morgan fingerprint density at radius 2 is 2.05 bits per heavy atom. The Labute approximate surface area is 118 Å². The van der Waals surface area contributed by atoms with Crippen LogP contribution in [-0.4, -0.2) is 12.1 Å².